The van der Waals surface area contributed by atoms with Gasteiger partial charge in [0.1, 0.15) is 11.7 Å². The fraction of sp³-hybridized carbons (Fsp3) is 0.417. The second-order valence-corrected chi connectivity index (χ2v) is 4.11. The molecule has 0 aliphatic rings. The van der Waals surface area contributed by atoms with Gasteiger partial charge in [0.15, 0.2) is 0 Å². The van der Waals surface area contributed by atoms with Gasteiger partial charge in [-0.05, 0) is 24.6 Å². The second kappa shape index (κ2) is 6.20. The van der Waals surface area contributed by atoms with Crippen molar-refractivity contribution in [2.45, 2.75) is 19.9 Å². The molecule has 0 aromatic heterocycles. The van der Waals surface area contributed by atoms with E-state index in [9.17, 15) is 4.39 Å². The highest BCUT2D eigenvalue weighted by Crippen LogP contribution is 2.13. The van der Waals surface area contributed by atoms with Crippen molar-refractivity contribution in [2.75, 3.05) is 6.54 Å². The van der Waals surface area contributed by atoms with Crippen molar-refractivity contribution in [3.8, 4) is 0 Å². The Labute approximate surface area is 100 Å². The van der Waals surface area contributed by atoms with Crippen LogP contribution < -0.4 is 11.1 Å². The van der Waals surface area contributed by atoms with Crippen LogP contribution in [0.5, 0.6) is 0 Å². The molecule has 0 bridgehead atoms. The van der Waals surface area contributed by atoms with Gasteiger partial charge in [-0.25, -0.2) is 4.39 Å². The second-order valence-electron chi connectivity index (χ2n) is 4.11. The molecule has 4 nitrogen and oxygen atoms in total. The monoisotopic (exact) mass is 239 g/mol. The molecular formula is C12H18FN3O. The minimum atomic E-state index is -0.249. The number of halogens is 1. The lowest BCUT2D eigenvalue weighted by atomic mass is 10.1. The van der Waals surface area contributed by atoms with Crippen molar-refractivity contribution in [3.05, 3.63) is 35.6 Å². The first-order chi connectivity index (χ1) is 8.04. The van der Waals surface area contributed by atoms with Crippen molar-refractivity contribution >= 4 is 5.84 Å². The van der Waals surface area contributed by atoms with Crippen LogP contribution >= 0.6 is 0 Å². The zero-order valence-electron chi connectivity index (χ0n) is 10.0. The summed E-state index contributed by atoms with van der Waals surface area (Å²) in [5.41, 5.74) is 6.34. The zero-order chi connectivity index (χ0) is 12.8. The van der Waals surface area contributed by atoms with Gasteiger partial charge in [-0.3, -0.25) is 0 Å². The fourth-order valence-corrected chi connectivity index (χ4v) is 1.45. The summed E-state index contributed by atoms with van der Waals surface area (Å²) in [6.45, 7) is 4.35. The Hall–Kier alpha value is -1.62. The topological polar surface area (TPSA) is 70.6 Å². The Kier molecular flexibility index (Phi) is 4.90. The largest absolute Gasteiger partial charge is 0.409 e. The summed E-state index contributed by atoms with van der Waals surface area (Å²) in [6.07, 6.45) is 0. The van der Waals surface area contributed by atoms with E-state index in [1.807, 2.05) is 19.9 Å². The number of hydrogen-bond acceptors (Lipinski definition) is 3. The van der Waals surface area contributed by atoms with Crippen LogP contribution in [0.2, 0.25) is 0 Å². The third kappa shape index (κ3) is 4.03. The van der Waals surface area contributed by atoms with Gasteiger partial charge >= 0.3 is 0 Å². The van der Waals surface area contributed by atoms with E-state index < -0.39 is 0 Å². The number of rotatable bonds is 5. The van der Waals surface area contributed by atoms with E-state index in [-0.39, 0.29) is 23.6 Å². The van der Waals surface area contributed by atoms with Crippen LogP contribution in [0.1, 0.15) is 25.5 Å². The molecule has 1 aromatic rings. The average molecular weight is 239 g/mol. The van der Waals surface area contributed by atoms with Crippen LogP contribution in [0.4, 0.5) is 4.39 Å². The van der Waals surface area contributed by atoms with E-state index in [4.69, 9.17) is 10.9 Å². The van der Waals surface area contributed by atoms with Gasteiger partial charge in [0, 0.05) is 18.5 Å². The van der Waals surface area contributed by atoms with E-state index in [2.05, 4.69) is 10.5 Å². The van der Waals surface area contributed by atoms with Gasteiger partial charge in [-0.15, -0.1) is 0 Å². The molecule has 0 aliphatic heterocycles. The number of benzene rings is 1. The highest BCUT2D eigenvalue weighted by atomic mass is 19.1. The van der Waals surface area contributed by atoms with Crippen molar-refractivity contribution in [1.82, 2.24) is 5.32 Å². The van der Waals surface area contributed by atoms with Gasteiger partial charge in [-0.1, -0.05) is 24.2 Å². The molecule has 2 unspecified atom stereocenters. The standard InChI is InChI=1S/C12H18FN3O/c1-8(12(14)16-17)7-15-9(2)10-4-3-5-11(13)6-10/h3-6,8-9,15,17H,7H2,1-2H3,(H2,14,16). The molecule has 94 valence electrons. The van der Waals surface area contributed by atoms with Crippen LogP contribution in [-0.4, -0.2) is 17.6 Å². The molecule has 0 saturated carbocycles. The lowest BCUT2D eigenvalue weighted by molar-refractivity contribution is 0.313. The van der Waals surface area contributed by atoms with Gasteiger partial charge < -0.3 is 16.3 Å². The van der Waals surface area contributed by atoms with E-state index in [0.29, 0.717) is 6.54 Å². The van der Waals surface area contributed by atoms with Crippen molar-refractivity contribution in [3.63, 3.8) is 0 Å². The van der Waals surface area contributed by atoms with E-state index >= 15 is 0 Å². The first-order valence-corrected chi connectivity index (χ1v) is 5.51. The number of nitrogens with two attached hydrogens (primary N) is 1. The van der Waals surface area contributed by atoms with Crippen molar-refractivity contribution < 1.29 is 9.60 Å². The molecule has 5 heteroatoms. The molecule has 0 radical (unpaired) electrons. The number of hydrogen-bond donors (Lipinski definition) is 3. The molecular weight excluding hydrogens is 221 g/mol. The molecule has 1 rings (SSSR count). The minimum Gasteiger partial charge on any atom is -0.409 e. The van der Waals surface area contributed by atoms with Crippen LogP contribution in [0, 0.1) is 11.7 Å². The van der Waals surface area contributed by atoms with Gasteiger partial charge in [0.05, 0.1) is 0 Å². The Bertz CT molecular complexity index is 395. The van der Waals surface area contributed by atoms with Crippen LogP contribution in [0.15, 0.2) is 29.4 Å². The SMILES string of the molecule is CC(CNC(C)c1cccc(F)c1)C(N)=NO. The quantitative estimate of drug-likeness (QED) is 0.318. The summed E-state index contributed by atoms with van der Waals surface area (Å²) in [5, 5.41) is 14.7. The third-order valence-electron chi connectivity index (χ3n) is 2.70. The molecule has 17 heavy (non-hydrogen) atoms. The summed E-state index contributed by atoms with van der Waals surface area (Å²) in [4.78, 5) is 0. The average Bonchev–Trinajstić information content (AvgIpc) is 2.34. The number of oxime groups is 1. The Balaban J connectivity index is 2.53. The summed E-state index contributed by atoms with van der Waals surface area (Å²) in [7, 11) is 0. The van der Waals surface area contributed by atoms with Gasteiger partial charge in [0.2, 0.25) is 0 Å². The first kappa shape index (κ1) is 13.4. The zero-order valence-corrected chi connectivity index (χ0v) is 10.0. The molecule has 0 amide bonds. The van der Waals surface area contributed by atoms with Crippen LogP contribution in [0.25, 0.3) is 0 Å². The van der Waals surface area contributed by atoms with Gasteiger partial charge in [-0.2, -0.15) is 0 Å². The lowest BCUT2D eigenvalue weighted by Crippen LogP contribution is -2.32. The Morgan fingerprint density at radius 3 is 2.82 bits per heavy atom. The smallest absolute Gasteiger partial charge is 0.143 e. The predicted octanol–water partition coefficient (Wildman–Crippen LogP) is 1.86. The van der Waals surface area contributed by atoms with Crippen molar-refractivity contribution in [1.29, 1.82) is 0 Å². The molecule has 0 fully saturated rings. The Morgan fingerprint density at radius 1 is 1.53 bits per heavy atom. The molecule has 0 saturated heterocycles. The lowest BCUT2D eigenvalue weighted by Gasteiger charge is -2.17. The number of amidine groups is 1. The van der Waals surface area contributed by atoms with Crippen LogP contribution in [-0.2, 0) is 0 Å². The minimum absolute atomic E-state index is 0.0136. The molecule has 0 heterocycles. The predicted molar refractivity (Wildman–Crippen MR) is 65.4 cm³/mol. The third-order valence-corrected chi connectivity index (χ3v) is 2.70. The summed E-state index contributed by atoms with van der Waals surface area (Å²) in [5.74, 6) is -0.138. The van der Waals surface area contributed by atoms with Gasteiger partial charge in [0.25, 0.3) is 0 Å². The summed E-state index contributed by atoms with van der Waals surface area (Å²) < 4.78 is 13.0. The maximum atomic E-state index is 13.0. The summed E-state index contributed by atoms with van der Waals surface area (Å²) >= 11 is 0. The molecule has 2 atom stereocenters. The Morgan fingerprint density at radius 2 is 2.24 bits per heavy atom. The number of nitrogens with one attached hydrogen (secondary N) is 1. The highest BCUT2D eigenvalue weighted by molar-refractivity contribution is 5.82. The van der Waals surface area contributed by atoms with E-state index in [1.165, 1.54) is 12.1 Å². The maximum absolute atomic E-state index is 13.0. The highest BCUT2D eigenvalue weighted by Gasteiger charge is 2.10. The molecule has 0 aliphatic carbocycles. The normalized spacial score (nSPS) is 15.6. The molecule has 4 N–H and O–H groups in total. The summed E-state index contributed by atoms with van der Waals surface area (Å²) in [6, 6.07) is 6.45. The first-order valence-electron chi connectivity index (χ1n) is 5.51. The number of nitrogens with zero attached hydrogens (tertiary/aromatic N) is 1. The van der Waals surface area contributed by atoms with Crippen LogP contribution in [0.3, 0.4) is 0 Å². The molecule has 1 aromatic carbocycles. The van der Waals surface area contributed by atoms with Crippen molar-refractivity contribution in [2.24, 2.45) is 16.8 Å². The fourth-order valence-electron chi connectivity index (χ4n) is 1.45. The van der Waals surface area contributed by atoms with E-state index in [1.54, 1.807) is 6.07 Å². The molecule has 0 spiro atoms. The van der Waals surface area contributed by atoms with E-state index in [0.717, 1.165) is 5.56 Å². The maximum Gasteiger partial charge on any atom is 0.143 e.